The van der Waals surface area contributed by atoms with Crippen LogP contribution in [0.4, 0.5) is 10.5 Å². The molecule has 0 unspecified atom stereocenters. The monoisotopic (exact) mass is 580 g/mol. The Kier molecular flexibility index (Phi) is 8.90. The van der Waals surface area contributed by atoms with Crippen LogP contribution in [-0.4, -0.2) is 49.5 Å². The Labute approximate surface area is 246 Å². The number of aromatic nitrogens is 6. The molecule has 0 bridgehead atoms. The fourth-order valence-electron chi connectivity index (χ4n) is 4.23. The second-order valence-corrected chi connectivity index (χ2v) is 9.54. The molecule has 5 aromatic rings. The molecule has 11 nitrogen and oxygen atoms in total. The molecule has 2 aromatic heterocycles. The number of tetrazole rings is 1. The summed E-state index contributed by atoms with van der Waals surface area (Å²) in [5, 5.41) is 26.1. The summed E-state index contributed by atoms with van der Waals surface area (Å²) >= 11 is 6.22. The van der Waals surface area contributed by atoms with Crippen LogP contribution in [0, 0.1) is 0 Å². The number of halogens is 1. The average Bonchev–Trinajstić information content (AvgIpc) is 3.56. The van der Waals surface area contributed by atoms with Gasteiger partial charge < -0.3 is 10.1 Å². The highest BCUT2D eigenvalue weighted by molar-refractivity contribution is 6.30. The van der Waals surface area contributed by atoms with Gasteiger partial charge in [0.1, 0.15) is 6.33 Å². The van der Waals surface area contributed by atoms with Gasteiger partial charge >= 0.3 is 6.09 Å². The number of ether oxygens (including phenoxy) is 1. The Morgan fingerprint density at radius 1 is 1.00 bits per heavy atom. The van der Waals surface area contributed by atoms with E-state index in [4.69, 9.17) is 11.6 Å². The van der Waals surface area contributed by atoms with E-state index in [0.29, 0.717) is 34.1 Å². The fraction of sp³-hybridized carbons (Fsp3) is 0.100. The van der Waals surface area contributed by atoms with Gasteiger partial charge in [0.05, 0.1) is 30.7 Å². The normalized spacial score (nSPS) is 11.7. The van der Waals surface area contributed by atoms with Gasteiger partial charge in [0.15, 0.2) is 0 Å². The molecule has 0 aliphatic rings. The van der Waals surface area contributed by atoms with E-state index in [9.17, 15) is 9.59 Å². The molecule has 0 aliphatic carbocycles. The molecule has 2 N–H and O–H groups in total. The van der Waals surface area contributed by atoms with Crippen molar-refractivity contribution < 1.29 is 14.3 Å². The van der Waals surface area contributed by atoms with E-state index in [1.807, 2.05) is 48.5 Å². The zero-order valence-electron chi connectivity index (χ0n) is 22.4. The average molecular weight is 581 g/mol. The number of methoxy groups -OCH3 is 1. The van der Waals surface area contributed by atoms with Crippen LogP contribution < -0.4 is 10.6 Å². The maximum absolute atomic E-state index is 13.2. The van der Waals surface area contributed by atoms with E-state index < -0.39 is 12.1 Å². The van der Waals surface area contributed by atoms with Gasteiger partial charge in [-0.15, -0.1) is 5.10 Å². The van der Waals surface area contributed by atoms with Crippen molar-refractivity contribution in [3.8, 4) is 16.8 Å². The van der Waals surface area contributed by atoms with Crippen molar-refractivity contribution in [1.82, 2.24) is 35.7 Å². The standard InChI is InChI=1S/C30H25ClN8O3/c1-42-30(41)34-25-11-7-21(8-12-25)23-17-27(36-32-18-23)26(15-20-5-3-2-4-6-20)35-29(40)14-9-22-16-24(31)10-13-28(22)39-19-33-37-38-39/h2-14,16-19,26H,15H2,1H3,(H,34,41)(H,35,40)/b14-9+/t26-/m0/s1. The SMILES string of the molecule is COC(=O)Nc1ccc(-c2cnnc([C@H](Cc3ccccc3)NC(=O)/C=C/c3cc(Cl)ccc3-n3cnnn3)c2)cc1. The first-order valence-corrected chi connectivity index (χ1v) is 13.2. The lowest BCUT2D eigenvalue weighted by atomic mass is 10.00. The Morgan fingerprint density at radius 2 is 1.81 bits per heavy atom. The molecule has 0 saturated heterocycles. The third-order valence-corrected chi connectivity index (χ3v) is 6.51. The van der Waals surface area contributed by atoms with Crippen LogP contribution in [0.3, 0.4) is 0 Å². The van der Waals surface area contributed by atoms with Gasteiger partial charge in [-0.1, -0.05) is 54.1 Å². The minimum atomic E-state index is -0.550. The van der Waals surface area contributed by atoms with Crippen LogP contribution in [0.1, 0.15) is 22.9 Å². The maximum Gasteiger partial charge on any atom is 0.411 e. The molecule has 0 fully saturated rings. The zero-order chi connectivity index (χ0) is 29.3. The molecule has 1 atom stereocenters. The fourth-order valence-corrected chi connectivity index (χ4v) is 4.41. The lowest BCUT2D eigenvalue weighted by Gasteiger charge is -2.18. The molecule has 2 heterocycles. The molecule has 42 heavy (non-hydrogen) atoms. The molecule has 0 spiro atoms. The van der Waals surface area contributed by atoms with Crippen molar-refractivity contribution in [2.45, 2.75) is 12.5 Å². The first kappa shape index (κ1) is 28.1. The summed E-state index contributed by atoms with van der Waals surface area (Å²) in [5.74, 6) is -0.330. The van der Waals surface area contributed by atoms with Gasteiger partial charge in [0.25, 0.3) is 0 Å². The first-order valence-electron chi connectivity index (χ1n) is 12.8. The van der Waals surface area contributed by atoms with Crippen molar-refractivity contribution in [3.63, 3.8) is 0 Å². The Hall–Kier alpha value is -5.42. The van der Waals surface area contributed by atoms with Gasteiger partial charge in [0, 0.05) is 27.9 Å². The number of rotatable bonds is 9. The lowest BCUT2D eigenvalue weighted by molar-refractivity contribution is -0.117. The second-order valence-electron chi connectivity index (χ2n) is 9.10. The summed E-state index contributed by atoms with van der Waals surface area (Å²) in [7, 11) is 1.31. The predicted molar refractivity (Wildman–Crippen MR) is 158 cm³/mol. The first-order chi connectivity index (χ1) is 20.5. The number of nitrogens with zero attached hydrogens (tertiary/aromatic N) is 6. The molecular weight excluding hydrogens is 556 g/mol. The maximum atomic E-state index is 13.2. The number of nitrogens with one attached hydrogen (secondary N) is 2. The van der Waals surface area contributed by atoms with Gasteiger partial charge in [-0.25, -0.2) is 4.79 Å². The van der Waals surface area contributed by atoms with Crippen LogP contribution in [0.5, 0.6) is 0 Å². The van der Waals surface area contributed by atoms with Crippen LogP contribution in [0.15, 0.2) is 97.5 Å². The van der Waals surface area contributed by atoms with E-state index in [2.05, 4.69) is 41.1 Å². The zero-order valence-corrected chi connectivity index (χ0v) is 23.1. The van der Waals surface area contributed by atoms with E-state index in [1.54, 1.807) is 42.6 Å². The molecule has 2 amide bonds. The van der Waals surface area contributed by atoms with E-state index >= 15 is 0 Å². The van der Waals surface area contributed by atoms with Crippen molar-refractivity contribution in [2.24, 2.45) is 0 Å². The van der Waals surface area contributed by atoms with Gasteiger partial charge in [-0.3, -0.25) is 10.1 Å². The molecule has 5 rings (SSSR count). The second kappa shape index (κ2) is 13.3. The summed E-state index contributed by atoms with van der Waals surface area (Å²) in [6.45, 7) is 0. The van der Waals surface area contributed by atoms with Crippen molar-refractivity contribution in [3.05, 3.63) is 119 Å². The van der Waals surface area contributed by atoms with E-state index in [1.165, 1.54) is 24.2 Å². The molecule has 0 aliphatic heterocycles. The van der Waals surface area contributed by atoms with Crippen molar-refractivity contribution >= 4 is 35.4 Å². The van der Waals surface area contributed by atoms with Crippen LogP contribution in [0.25, 0.3) is 22.9 Å². The minimum absolute atomic E-state index is 0.330. The third kappa shape index (κ3) is 7.20. The van der Waals surface area contributed by atoms with Gasteiger partial charge in [-0.2, -0.15) is 14.9 Å². The van der Waals surface area contributed by atoms with Crippen LogP contribution in [0.2, 0.25) is 5.02 Å². The smallest absolute Gasteiger partial charge is 0.411 e. The molecule has 3 aromatic carbocycles. The number of hydrogen-bond acceptors (Lipinski definition) is 8. The summed E-state index contributed by atoms with van der Waals surface area (Å²) in [6, 6.07) is 23.7. The molecule has 210 valence electrons. The summed E-state index contributed by atoms with van der Waals surface area (Å²) in [5.41, 5.74) is 5.20. The summed E-state index contributed by atoms with van der Waals surface area (Å²) < 4.78 is 6.13. The topological polar surface area (TPSA) is 137 Å². The number of amides is 2. The number of carbonyl (C=O) groups is 2. The number of hydrogen-bond donors (Lipinski definition) is 2. The van der Waals surface area contributed by atoms with Crippen LogP contribution >= 0.6 is 11.6 Å². The third-order valence-electron chi connectivity index (χ3n) is 6.28. The number of carbonyl (C=O) groups excluding carboxylic acids is 2. The predicted octanol–water partition coefficient (Wildman–Crippen LogP) is 5.06. The Bertz CT molecular complexity index is 1690. The molecule has 12 heteroatoms. The van der Waals surface area contributed by atoms with E-state index in [-0.39, 0.29) is 5.91 Å². The van der Waals surface area contributed by atoms with Gasteiger partial charge in [0.2, 0.25) is 5.91 Å². The quantitative estimate of drug-likeness (QED) is 0.231. The minimum Gasteiger partial charge on any atom is -0.453 e. The van der Waals surface area contributed by atoms with Crippen LogP contribution in [-0.2, 0) is 16.0 Å². The summed E-state index contributed by atoms with van der Waals surface area (Å²) in [4.78, 5) is 24.7. The lowest BCUT2D eigenvalue weighted by Crippen LogP contribution is -2.29. The highest BCUT2D eigenvalue weighted by Gasteiger charge is 2.18. The number of anilines is 1. The van der Waals surface area contributed by atoms with Gasteiger partial charge in [-0.05, 0) is 70.4 Å². The highest BCUT2D eigenvalue weighted by Crippen LogP contribution is 2.25. The Morgan fingerprint density at radius 3 is 2.55 bits per heavy atom. The number of benzene rings is 3. The highest BCUT2D eigenvalue weighted by atomic mass is 35.5. The largest absolute Gasteiger partial charge is 0.453 e. The van der Waals surface area contributed by atoms with E-state index in [0.717, 1.165) is 16.7 Å². The summed E-state index contributed by atoms with van der Waals surface area (Å²) in [6.07, 6.45) is 6.14. The molecular formula is C30H25ClN8O3. The Balaban J connectivity index is 1.39. The molecule has 0 radical (unpaired) electrons. The van der Waals surface area contributed by atoms with Crippen molar-refractivity contribution in [2.75, 3.05) is 12.4 Å². The molecule has 0 saturated carbocycles. The van der Waals surface area contributed by atoms with Crippen molar-refractivity contribution in [1.29, 1.82) is 0 Å².